The van der Waals surface area contributed by atoms with Crippen LogP contribution in [0.2, 0.25) is 0 Å². The summed E-state index contributed by atoms with van der Waals surface area (Å²) in [6, 6.07) is 0. The molecule has 5 heteroatoms. The van der Waals surface area contributed by atoms with Crippen molar-refractivity contribution in [3.8, 4) is 5.95 Å². The minimum Gasteiger partial charge on any atom is -0.479 e. The Morgan fingerprint density at radius 1 is 1.83 bits per heavy atom. The van der Waals surface area contributed by atoms with Crippen LogP contribution in [0.25, 0.3) is 0 Å². The topological polar surface area (TPSA) is 72.6 Å². The van der Waals surface area contributed by atoms with Gasteiger partial charge in [0, 0.05) is 6.92 Å². The van der Waals surface area contributed by atoms with E-state index in [-0.39, 0.29) is 5.95 Å². The highest BCUT2D eigenvalue weighted by Crippen LogP contribution is 2.12. The van der Waals surface area contributed by atoms with E-state index in [1.807, 2.05) is 0 Å². The molecule has 1 unspecified atom stereocenters. The van der Waals surface area contributed by atoms with Gasteiger partial charge in [-0.1, -0.05) is 0 Å². The molecule has 0 bridgehead atoms. The maximum atomic E-state index is 10.3. The predicted octanol–water partition coefficient (Wildman–Crippen LogP) is 0.835. The van der Waals surface area contributed by atoms with Crippen LogP contribution in [-0.4, -0.2) is 22.2 Å². The van der Waals surface area contributed by atoms with Crippen molar-refractivity contribution >= 4 is 5.97 Å². The van der Waals surface area contributed by atoms with Crippen LogP contribution >= 0.6 is 0 Å². The molecule has 0 aliphatic rings. The van der Waals surface area contributed by atoms with Crippen molar-refractivity contribution < 1.29 is 19.1 Å². The Morgan fingerprint density at radius 2 is 2.50 bits per heavy atom. The molecule has 0 spiro atoms. The summed E-state index contributed by atoms with van der Waals surface area (Å²) in [6.07, 6.45) is 0.423. The number of carbonyl (C=O) groups is 1. The highest BCUT2D eigenvalue weighted by Gasteiger charge is 2.14. The molecular weight excluding hydrogens is 162 g/mol. The first-order chi connectivity index (χ1) is 5.59. The minimum absolute atomic E-state index is 0.127. The molecule has 0 amide bonds. The lowest BCUT2D eigenvalue weighted by molar-refractivity contribution is -0.144. The molecule has 1 heterocycles. The number of aromatic nitrogens is 1. The normalized spacial score (nSPS) is 12.5. The average molecular weight is 171 g/mol. The molecule has 0 aliphatic carbocycles. The molecule has 0 radical (unpaired) electrons. The van der Waals surface area contributed by atoms with E-state index in [2.05, 4.69) is 4.98 Å². The highest BCUT2D eigenvalue weighted by atomic mass is 16.6. The average Bonchev–Trinajstić information content (AvgIpc) is 2.35. The van der Waals surface area contributed by atoms with Crippen LogP contribution in [0.1, 0.15) is 12.8 Å². The van der Waals surface area contributed by atoms with Gasteiger partial charge in [0.2, 0.25) is 0 Å². The Hall–Kier alpha value is -1.52. The lowest BCUT2D eigenvalue weighted by Gasteiger charge is -2.04. The molecule has 1 N–H and O–H groups in total. The van der Waals surface area contributed by atoms with Crippen LogP contribution in [-0.2, 0) is 4.79 Å². The summed E-state index contributed by atoms with van der Waals surface area (Å²) in [5, 5.41) is 8.46. The number of carboxylic acid groups (broad SMARTS) is 1. The second kappa shape index (κ2) is 3.25. The van der Waals surface area contributed by atoms with Crippen LogP contribution < -0.4 is 4.74 Å². The predicted molar refractivity (Wildman–Crippen MR) is 39.0 cm³/mol. The van der Waals surface area contributed by atoms with Crippen molar-refractivity contribution in [1.82, 2.24) is 4.98 Å². The second-order valence-electron chi connectivity index (χ2n) is 2.30. The molecule has 66 valence electrons. The van der Waals surface area contributed by atoms with Crippen LogP contribution in [0.3, 0.4) is 0 Å². The molecule has 1 aromatic heterocycles. The van der Waals surface area contributed by atoms with E-state index in [9.17, 15) is 4.79 Å². The van der Waals surface area contributed by atoms with E-state index in [0.29, 0.717) is 5.89 Å². The van der Waals surface area contributed by atoms with Gasteiger partial charge in [0.15, 0.2) is 12.0 Å². The largest absolute Gasteiger partial charge is 0.479 e. The number of aryl methyl sites for hydroxylation is 1. The Kier molecular flexibility index (Phi) is 2.32. The molecule has 12 heavy (non-hydrogen) atoms. The number of oxazole rings is 1. The van der Waals surface area contributed by atoms with Crippen molar-refractivity contribution in [3.05, 3.63) is 12.1 Å². The number of nitrogens with zero attached hydrogens (tertiary/aromatic N) is 1. The molecule has 1 rings (SSSR count). The maximum Gasteiger partial charge on any atom is 0.344 e. The Morgan fingerprint density at radius 3 is 2.92 bits per heavy atom. The van der Waals surface area contributed by atoms with Gasteiger partial charge >= 0.3 is 11.9 Å². The van der Waals surface area contributed by atoms with Crippen molar-refractivity contribution in [2.45, 2.75) is 20.0 Å². The number of ether oxygens (including phenoxy) is 1. The van der Waals surface area contributed by atoms with Gasteiger partial charge in [0.05, 0.1) is 0 Å². The third-order valence-corrected chi connectivity index (χ3v) is 1.24. The van der Waals surface area contributed by atoms with E-state index in [1.165, 1.54) is 13.1 Å². The van der Waals surface area contributed by atoms with Crippen molar-refractivity contribution in [3.63, 3.8) is 0 Å². The van der Waals surface area contributed by atoms with E-state index >= 15 is 0 Å². The lowest BCUT2D eigenvalue weighted by Crippen LogP contribution is -2.22. The van der Waals surface area contributed by atoms with Gasteiger partial charge in [-0.25, -0.2) is 9.78 Å². The minimum atomic E-state index is -1.04. The summed E-state index contributed by atoms with van der Waals surface area (Å²) in [4.78, 5) is 14.1. The molecular formula is C7H9NO4. The standard InChI is InChI=1S/C7H9NO4/c1-4(7(9)10)11-6-3-8-5(2)12-6/h3-4H,1-2H3,(H,9,10). The second-order valence-corrected chi connectivity index (χ2v) is 2.30. The zero-order valence-corrected chi connectivity index (χ0v) is 6.77. The van der Waals surface area contributed by atoms with Gasteiger partial charge in [-0.15, -0.1) is 0 Å². The Labute approximate surface area is 69.0 Å². The van der Waals surface area contributed by atoms with Gasteiger partial charge in [-0.05, 0) is 6.92 Å². The van der Waals surface area contributed by atoms with Crippen LogP contribution in [0.15, 0.2) is 10.6 Å². The number of aliphatic carboxylic acids is 1. The summed E-state index contributed by atoms with van der Waals surface area (Å²) in [6.45, 7) is 3.07. The van der Waals surface area contributed by atoms with Crippen LogP contribution in [0, 0.1) is 6.92 Å². The van der Waals surface area contributed by atoms with E-state index in [4.69, 9.17) is 14.3 Å². The van der Waals surface area contributed by atoms with Crippen molar-refractivity contribution in [2.24, 2.45) is 0 Å². The fourth-order valence-electron chi connectivity index (χ4n) is 0.621. The van der Waals surface area contributed by atoms with E-state index in [0.717, 1.165) is 0 Å². The molecule has 0 fully saturated rings. The summed E-state index contributed by atoms with van der Waals surface area (Å²) in [7, 11) is 0. The van der Waals surface area contributed by atoms with Crippen LogP contribution in [0.5, 0.6) is 5.95 Å². The zero-order chi connectivity index (χ0) is 9.14. The van der Waals surface area contributed by atoms with Crippen molar-refractivity contribution in [1.29, 1.82) is 0 Å². The van der Waals surface area contributed by atoms with Crippen LogP contribution in [0.4, 0.5) is 0 Å². The SMILES string of the molecule is Cc1ncc(OC(C)C(=O)O)o1. The van der Waals surface area contributed by atoms with Gasteiger partial charge < -0.3 is 14.3 Å². The monoisotopic (exact) mass is 171 g/mol. The maximum absolute atomic E-state index is 10.3. The third kappa shape index (κ3) is 1.98. The Balaban J connectivity index is 2.58. The van der Waals surface area contributed by atoms with E-state index in [1.54, 1.807) is 6.92 Å². The van der Waals surface area contributed by atoms with Crippen molar-refractivity contribution in [2.75, 3.05) is 0 Å². The first kappa shape index (κ1) is 8.58. The number of rotatable bonds is 3. The first-order valence-corrected chi connectivity index (χ1v) is 3.41. The quantitative estimate of drug-likeness (QED) is 0.729. The van der Waals surface area contributed by atoms with Gasteiger partial charge in [0.1, 0.15) is 6.20 Å². The fraction of sp³-hybridized carbons (Fsp3) is 0.429. The Bertz CT molecular complexity index is 281. The number of hydrogen-bond donors (Lipinski definition) is 1. The molecule has 0 aromatic carbocycles. The van der Waals surface area contributed by atoms with Gasteiger partial charge in [-0.3, -0.25) is 0 Å². The number of hydrogen-bond acceptors (Lipinski definition) is 4. The number of carboxylic acids is 1. The lowest BCUT2D eigenvalue weighted by atomic mass is 10.4. The molecule has 5 nitrogen and oxygen atoms in total. The zero-order valence-electron chi connectivity index (χ0n) is 6.77. The summed E-state index contributed by atoms with van der Waals surface area (Å²) in [5.74, 6) is -0.464. The van der Waals surface area contributed by atoms with Gasteiger partial charge in [-0.2, -0.15) is 0 Å². The first-order valence-electron chi connectivity index (χ1n) is 3.41. The fourth-order valence-corrected chi connectivity index (χ4v) is 0.621. The summed E-state index contributed by atoms with van der Waals surface area (Å²) in [5.41, 5.74) is 0. The molecule has 1 atom stereocenters. The van der Waals surface area contributed by atoms with E-state index < -0.39 is 12.1 Å². The molecule has 1 aromatic rings. The summed E-state index contributed by atoms with van der Waals surface area (Å²) < 4.78 is 9.78. The summed E-state index contributed by atoms with van der Waals surface area (Å²) >= 11 is 0. The third-order valence-electron chi connectivity index (χ3n) is 1.24. The molecule has 0 saturated heterocycles. The van der Waals surface area contributed by atoms with Gasteiger partial charge in [0.25, 0.3) is 0 Å². The molecule has 0 saturated carbocycles. The smallest absolute Gasteiger partial charge is 0.344 e. The highest BCUT2D eigenvalue weighted by molar-refractivity contribution is 5.72. The molecule has 0 aliphatic heterocycles.